The Kier molecular flexibility index (Phi) is 3.71. The molecule has 0 aliphatic carbocycles. The summed E-state index contributed by atoms with van der Waals surface area (Å²) in [7, 11) is 0. The zero-order chi connectivity index (χ0) is 14.8. The molecule has 1 heterocycles. The molecule has 0 unspecified atom stereocenters. The molecule has 0 aliphatic heterocycles. The van der Waals surface area contributed by atoms with E-state index in [9.17, 15) is 8.78 Å². The Hall–Kier alpha value is -2.20. The molecule has 5 heteroatoms. The summed E-state index contributed by atoms with van der Waals surface area (Å²) in [5.74, 6) is -1.13. The Bertz CT molecular complexity index is 750. The Labute approximate surface area is 125 Å². The van der Waals surface area contributed by atoms with Crippen LogP contribution in [0.2, 0.25) is 5.02 Å². The third-order valence-electron chi connectivity index (χ3n) is 3.25. The molecule has 0 saturated carbocycles. The molecular formula is C16H11ClF2N2. The summed E-state index contributed by atoms with van der Waals surface area (Å²) in [5.41, 5.74) is 1.55. The molecule has 0 N–H and O–H groups in total. The highest BCUT2D eigenvalue weighted by atomic mass is 35.5. The van der Waals surface area contributed by atoms with Gasteiger partial charge in [-0.25, -0.2) is 13.8 Å². The molecule has 0 atom stereocenters. The first kappa shape index (κ1) is 13.8. The van der Waals surface area contributed by atoms with E-state index >= 15 is 0 Å². The molecule has 0 saturated heterocycles. The Morgan fingerprint density at radius 3 is 2.52 bits per heavy atom. The average Bonchev–Trinajstić information content (AvgIpc) is 2.97. The summed E-state index contributed by atoms with van der Waals surface area (Å²) in [6.45, 7) is 0. The first-order chi connectivity index (χ1) is 10.1. The van der Waals surface area contributed by atoms with Crippen molar-refractivity contribution in [2.45, 2.75) is 6.42 Å². The van der Waals surface area contributed by atoms with Gasteiger partial charge in [0.2, 0.25) is 0 Å². The van der Waals surface area contributed by atoms with Gasteiger partial charge in [0.25, 0.3) is 0 Å². The Balaban J connectivity index is 2.08. The van der Waals surface area contributed by atoms with Gasteiger partial charge in [-0.05, 0) is 35.9 Å². The third kappa shape index (κ3) is 2.81. The highest BCUT2D eigenvalue weighted by molar-refractivity contribution is 6.30. The zero-order valence-corrected chi connectivity index (χ0v) is 11.7. The molecule has 0 aliphatic rings. The van der Waals surface area contributed by atoms with Gasteiger partial charge in [0, 0.05) is 29.4 Å². The Morgan fingerprint density at radius 2 is 1.86 bits per heavy atom. The van der Waals surface area contributed by atoms with Gasteiger partial charge in [0.1, 0.15) is 11.6 Å². The average molecular weight is 305 g/mol. The lowest BCUT2D eigenvalue weighted by Crippen LogP contribution is -2.02. The van der Waals surface area contributed by atoms with Crippen LogP contribution in [-0.4, -0.2) is 9.55 Å². The van der Waals surface area contributed by atoms with Crippen LogP contribution >= 0.6 is 11.6 Å². The lowest BCUT2D eigenvalue weighted by atomic mass is 10.0. The molecule has 3 rings (SSSR count). The van der Waals surface area contributed by atoms with Crippen molar-refractivity contribution in [1.29, 1.82) is 0 Å². The van der Waals surface area contributed by atoms with Crippen LogP contribution < -0.4 is 0 Å². The number of halogens is 3. The Morgan fingerprint density at radius 1 is 1.10 bits per heavy atom. The van der Waals surface area contributed by atoms with Gasteiger partial charge in [-0.2, -0.15) is 0 Å². The van der Waals surface area contributed by atoms with E-state index in [-0.39, 0.29) is 12.0 Å². The van der Waals surface area contributed by atoms with E-state index in [1.54, 1.807) is 41.5 Å². The SMILES string of the molecule is Fc1cccc(F)c1Cc1cc(Cl)ccc1-n1ccnc1. The van der Waals surface area contributed by atoms with Crippen molar-refractivity contribution in [3.8, 4) is 5.69 Å². The summed E-state index contributed by atoms with van der Waals surface area (Å²) in [5, 5.41) is 0.519. The second kappa shape index (κ2) is 5.66. The number of nitrogens with zero attached hydrogens (tertiary/aromatic N) is 2. The fraction of sp³-hybridized carbons (Fsp3) is 0.0625. The molecule has 0 fully saturated rings. The molecule has 0 radical (unpaired) electrons. The molecular weight excluding hydrogens is 294 g/mol. The number of benzene rings is 2. The number of aromatic nitrogens is 2. The normalized spacial score (nSPS) is 10.8. The van der Waals surface area contributed by atoms with Crippen LogP contribution in [0.1, 0.15) is 11.1 Å². The molecule has 2 nitrogen and oxygen atoms in total. The van der Waals surface area contributed by atoms with E-state index in [1.807, 2.05) is 0 Å². The van der Waals surface area contributed by atoms with Crippen molar-refractivity contribution < 1.29 is 8.78 Å². The minimum Gasteiger partial charge on any atom is -0.306 e. The molecule has 0 spiro atoms. The first-order valence-corrected chi connectivity index (χ1v) is 6.72. The number of imidazole rings is 1. The van der Waals surface area contributed by atoms with Crippen LogP contribution in [-0.2, 0) is 6.42 Å². The fourth-order valence-corrected chi connectivity index (χ4v) is 2.44. The maximum absolute atomic E-state index is 13.8. The predicted molar refractivity (Wildman–Crippen MR) is 77.7 cm³/mol. The highest BCUT2D eigenvalue weighted by Gasteiger charge is 2.13. The van der Waals surface area contributed by atoms with Crippen molar-refractivity contribution in [2.24, 2.45) is 0 Å². The summed E-state index contributed by atoms with van der Waals surface area (Å²) < 4.78 is 29.4. The quantitative estimate of drug-likeness (QED) is 0.701. The maximum atomic E-state index is 13.8. The summed E-state index contributed by atoms with van der Waals surface area (Å²) in [4.78, 5) is 3.99. The van der Waals surface area contributed by atoms with Crippen LogP contribution in [0.25, 0.3) is 5.69 Å². The van der Waals surface area contributed by atoms with E-state index in [0.29, 0.717) is 5.02 Å². The van der Waals surface area contributed by atoms with Crippen molar-refractivity contribution in [1.82, 2.24) is 9.55 Å². The van der Waals surface area contributed by atoms with Crippen LogP contribution in [0.5, 0.6) is 0 Å². The van der Waals surface area contributed by atoms with Crippen LogP contribution in [0.15, 0.2) is 55.1 Å². The maximum Gasteiger partial charge on any atom is 0.129 e. The minimum atomic E-state index is -0.563. The van der Waals surface area contributed by atoms with E-state index in [2.05, 4.69) is 4.98 Å². The van der Waals surface area contributed by atoms with E-state index in [4.69, 9.17) is 11.6 Å². The molecule has 1 aromatic heterocycles. The molecule has 106 valence electrons. The van der Waals surface area contributed by atoms with Crippen molar-refractivity contribution in [3.63, 3.8) is 0 Å². The first-order valence-electron chi connectivity index (χ1n) is 6.35. The second-order valence-electron chi connectivity index (χ2n) is 4.62. The second-order valence-corrected chi connectivity index (χ2v) is 5.06. The highest BCUT2D eigenvalue weighted by Crippen LogP contribution is 2.24. The molecule has 2 aromatic carbocycles. The third-order valence-corrected chi connectivity index (χ3v) is 3.49. The standard InChI is InChI=1S/C16H11ClF2N2/c17-12-4-5-16(21-7-6-20-10-21)11(8-12)9-13-14(18)2-1-3-15(13)19/h1-8,10H,9H2. The van der Waals surface area contributed by atoms with Gasteiger partial charge in [-0.15, -0.1) is 0 Å². The smallest absolute Gasteiger partial charge is 0.129 e. The van der Waals surface area contributed by atoms with Gasteiger partial charge >= 0.3 is 0 Å². The number of hydrogen-bond donors (Lipinski definition) is 0. The van der Waals surface area contributed by atoms with Crippen LogP contribution in [0, 0.1) is 11.6 Å². The number of rotatable bonds is 3. The van der Waals surface area contributed by atoms with Gasteiger partial charge in [0.05, 0.1) is 12.0 Å². The van der Waals surface area contributed by atoms with Crippen LogP contribution in [0.3, 0.4) is 0 Å². The fourth-order valence-electron chi connectivity index (χ4n) is 2.24. The van der Waals surface area contributed by atoms with Gasteiger partial charge in [-0.1, -0.05) is 17.7 Å². The molecule has 0 bridgehead atoms. The monoisotopic (exact) mass is 304 g/mol. The van der Waals surface area contributed by atoms with Gasteiger partial charge < -0.3 is 4.57 Å². The summed E-state index contributed by atoms with van der Waals surface area (Å²) in [6.07, 6.45) is 5.16. The summed E-state index contributed by atoms with van der Waals surface area (Å²) in [6, 6.07) is 9.10. The largest absolute Gasteiger partial charge is 0.306 e. The predicted octanol–water partition coefficient (Wildman–Crippen LogP) is 4.39. The minimum absolute atomic E-state index is 0.0288. The molecule has 21 heavy (non-hydrogen) atoms. The number of hydrogen-bond acceptors (Lipinski definition) is 1. The van der Waals surface area contributed by atoms with Crippen molar-refractivity contribution in [3.05, 3.63) is 82.9 Å². The van der Waals surface area contributed by atoms with E-state index < -0.39 is 11.6 Å². The molecule has 0 amide bonds. The van der Waals surface area contributed by atoms with E-state index in [0.717, 1.165) is 11.3 Å². The summed E-state index contributed by atoms with van der Waals surface area (Å²) >= 11 is 6.01. The van der Waals surface area contributed by atoms with Gasteiger partial charge in [-0.3, -0.25) is 0 Å². The molecule has 3 aromatic rings. The zero-order valence-electron chi connectivity index (χ0n) is 10.9. The topological polar surface area (TPSA) is 17.8 Å². The van der Waals surface area contributed by atoms with E-state index in [1.165, 1.54) is 18.2 Å². The van der Waals surface area contributed by atoms with Gasteiger partial charge in [0.15, 0.2) is 0 Å². The lowest BCUT2D eigenvalue weighted by Gasteiger charge is -2.12. The van der Waals surface area contributed by atoms with Crippen molar-refractivity contribution >= 4 is 11.6 Å². The van der Waals surface area contributed by atoms with Crippen molar-refractivity contribution in [2.75, 3.05) is 0 Å². The van der Waals surface area contributed by atoms with Crippen LogP contribution in [0.4, 0.5) is 8.78 Å². The lowest BCUT2D eigenvalue weighted by molar-refractivity contribution is 0.561.